The first-order valence-corrected chi connectivity index (χ1v) is 13.4. The lowest BCUT2D eigenvalue weighted by molar-refractivity contribution is 0.102. The molecule has 7 nitrogen and oxygen atoms in total. The number of rotatable bonds is 10. The van der Waals surface area contributed by atoms with Crippen LogP contribution in [0.3, 0.4) is 0 Å². The molecule has 1 aromatic heterocycles. The summed E-state index contributed by atoms with van der Waals surface area (Å²) < 4.78 is 27.6. The average molecular weight is 491 g/mol. The fourth-order valence-corrected chi connectivity index (χ4v) is 5.44. The Balaban J connectivity index is 1.56. The minimum absolute atomic E-state index is 0.180. The molecule has 1 heterocycles. The van der Waals surface area contributed by atoms with Gasteiger partial charge < -0.3 is 9.47 Å². The number of likely N-dealkylation sites (N-methyl/N-ethyl adjacent to an activating group) is 1. The van der Waals surface area contributed by atoms with Crippen LogP contribution in [0.4, 0.5) is 5.95 Å². The highest BCUT2D eigenvalue weighted by molar-refractivity contribution is 7.90. The van der Waals surface area contributed by atoms with E-state index < -0.39 is 9.84 Å². The van der Waals surface area contributed by atoms with Crippen molar-refractivity contribution in [3.8, 4) is 0 Å². The van der Waals surface area contributed by atoms with Crippen LogP contribution < -0.4 is 5.32 Å². The van der Waals surface area contributed by atoms with Crippen molar-refractivity contribution >= 4 is 32.7 Å². The number of carbonyl (C=O) groups excluding carboxylic acids is 1. The Kier molecular flexibility index (Phi) is 7.63. The molecule has 35 heavy (non-hydrogen) atoms. The van der Waals surface area contributed by atoms with Crippen molar-refractivity contribution in [3.63, 3.8) is 0 Å². The smallest absolute Gasteiger partial charge is 0.257 e. The second-order valence-electron chi connectivity index (χ2n) is 8.33. The highest BCUT2D eigenvalue weighted by Crippen LogP contribution is 2.21. The van der Waals surface area contributed by atoms with Crippen molar-refractivity contribution in [3.05, 3.63) is 90.0 Å². The molecule has 0 atom stereocenters. The van der Waals surface area contributed by atoms with Crippen molar-refractivity contribution < 1.29 is 13.2 Å². The zero-order chi connectivity index (χ0) is 24.8. The van der Waals surface area contributed by atoms with Crippen LogP contribution in [0.5, 0.6) is 0 Å². The van der Waals surface area contributed by atoms with E-state index in [0.717, 1.165) is 30.7 Å². The molecule has 0 aliphatic heterocycles. The standard InChI is InChI=1S/C27H30N4O3S/c1-3-30(4-2)17-18-31-25-16-9-8-15-24(25)28-27(31)29-26(32)22-12-10-11-21(19-22)20-35(33,34)23-13-6-5-7-14-23/h5-16,19H,3-4,17-18,20H2,1-2H3,(H,28,29,32). The molecule has 1 N–H and O–H groups in total. The Labute approximate surface area is 206 Å². The molecular weight excluding hydrogens is 460 g/mol. The first-order chi connectivity index (χ1) is 16.9. The van der Waals surface area contributed by atoms with Gasteiger partial charge >= 0.3 is 0 Å². The summed E-state index contributed by atoms with van der Waals surface area (Å²) in [4.78, 5) is 20.4. The summed E-state index contributed by atoms with van der Waals surface area (Å²) in [5, 5.41) is 2.94. The number of hydrogen-bond donors (Lipinski definition) is 1. The van der Waals surface area contributed by atoms with Gasteiger partial charge in [0.2, 0.25) is 5.95 Å². The fraction of sp³-hybridized carbons (Fsp3) is 0.259. The average Bonchev–Trinajstić information content (AvgIpc) is 3.22. The molecule has 182 valence electrons. The molecule has 0 spiro atoms. The van der Waals surface area contributed by atoms with Crippen molar-refractivity contribution in [1.29, 1.82) is 0 Å². The van der Waals surface area contributed by atoms with Crippen molar-refractivity contribution in [2.75, 3.05) is 25.0 Å². The maximum absolute atomic E-state index is 13.2. The summed E-state index contributed by atoms with van der Waals surface area (Å²) in [6, 6.07) is 22.9. The maximum atomic E-state index is 13.2. The van der Waals surface area contributed by atoms with Gasteiger partial charge in [-0.2, -0.15) is 0 Å². The van der Waals surface area contributed by atoms with Crippen LogP contribution in [0.25, 0.3) is 11.0 Å². The molecule has 0 aliphatic carbocycles. The number of anilines is 1. The molecule has 0 saturated heterocycles. The van der Waals surface area contributed by atoms with Crippen LogP contribution >= 0.6 is 0 Å². The lowest BCUT2D eigenvalue weighted by Crippen LogP contribution is -2.27. The van der Waals surface area contributed by atoms with Crippen molar-refractivity contribution in [1.82, 2.24) is 14.5 Å². The number of sulfone groups is 1. The molecule has 4 rings (SSSR count). The number of carbonyl (C=O) groups is 1. The second kappa shape index (κ2) is 10.8. The first-order valence-electron chi connectivity index (χ1n) is 11.8. The van der Waals surface area contributed by atoms with E-state index in [1.54, 1.807) is 54.6 Å². The molecule has 8 heteroatoms. The zero-order valence-electron chi connectivity index (χ0n) is 20.0. The van der Waals surface area contributed by atoms with Gasteiger partial charge in [-0.05, 0) is 55.1 Å². The largest absolute Gasteiger partial charge is 0.309 e. The number of fused-ring (bicyclic) bond motifs is 1. The minimum Gasteiger partial charge on any atom is -0.309 e. The summed E-state index contributed by atoms with van der Waals surface area (Å²) in [5.41, 5.74) is 2.70. The van der Waals surface area contributed by atoms with Crippen LogP contribution in [0, 0.1) is 0 Å². The molecular formula is C27H30N4O3S. The third-order valence-corrected chi connectivity index (χ3v) is 7.77. The quantitative estimate of drug-likeness (QED) is 0.351. The number of hydrogen-bond acceptors (Lipinski definition) is 5. The van der Waals surface area contributed by atoms with Crippen LogP contribution in [0.2, 0.25) is 0 Å². The number of benzene rings is 3. The Hall–Kier alpha value is -3.49. The second-order valence-corrected chi connectivity index (χ2v) is 10.3. The van der Waals surface area contributed by atoms with Gasteiger partial charge in [0.25, 0.3) is 5.91 Å². The maximum Gasteiger partial charge on any atom is 0.257 e. The lowest BCUT2D eigenvalue weighted by atomic mass is 10.1. The number of nitrogens with one attached hydrogen (secondary N) is 1. The molecule has 0 radical (unpaired) electrons. The van der Waals surface area contributed by atoms with Gasteiger partial charge in [0.15, 0.2) is 9.84 Å². The van der Waals surface area contributed by atoms with Crippen LogP contribution in [-0.4, -0.2) is 48.4 Å². The summed E-state index contributed by atoms with van der Waals surface area (Å²) in [5.74, 6) is -0.0328. The van der Waals surface area contributed by atoms with Crippen LogP contribution in [0.15, 0.2) is 83.8 Å². The van der Waals surface area contributed by atoms with E-state index in [1.165, 1.54) is 0 Å². The molecule has 0 aliphatic rings. The van der Waals surface area contributed by atoms with Gasteiger partial charge in [-0.1, -0.05) is 56.3 Å². The molecule has 0 unspecified atom stereocenters. The van der Waals surface area contributed by atoms with Gasteiger partial charge in [-0.25, -0.2) is 13.4 Å². The SMILES string of the molecule is CCN(CC)CCn1c(NC(=O)c2cccc(CS(=O)(=O)c3ccccc3)c2)nc2ccccc21. The molecule has 0 fully saturated rings. The third-order valence-electron chi connectivity index (χ3n) is 6.06. The monoisotopic (exact) mass is 490 g/mol. The molecule has 0 bridgehead atoms. The number of aromatic nitrogens is 2. The summed E-state index contributed by atoms with van der Waals surface area (Å²) in [6.07, 6.45) is 0. The van der Waals surface area contributed by atoms with Crippen LogP contribution in [-0.2, 0) is 22.1 Å². The number of para-hydroxylation sites is 2. The highest BCUT2D eigenvalue weighted by atomic mass is 32.2. The number of amides is 1. The van der Waals surface area contributed by atoms with Crippen LogP contribution in [0.1, 0.15) is 29.8 Å². The van der Waals surface area contributed by atoms with Gasteiger partial charge in [-0.15, -0.1) is 0 Å². The van der Waals surface area contributed by atoms with E-state index in [2.05, 4.69) is 29.0 Å². The zero-order valence-corrected chi connectivity index (χ0v) is 20.8. The molecule has 0 saturated carbocycles. The molecule has 4 aromatic rings. The highest BCUT2D eigenvalue weighted by Gasteiger charge is 2.18. The van der Waals surface area contributed by atoms with Gasteiger partial charge in [-0.3, -0.25) is 10.1 Å². The number of nitrogens with zero attached hydrogens (tertiary/aromatic N) is 3. The lowest BCUT2D eigenvalue weighted by Gasteiger charge is -2.19. The topological polar surface area (TPSA) is 84.3 Å². The summed E-state index contributed by atoms with van der Waals surface area (Å²) in [7, 11) is -3.51. The van der Waals surface area contributed by atoms with E-state index in [1.807, 2.05) is 28.8 Å². The van der Waals surface area contributed by atoms with Gasteiger partial charge in [0.05, 0.1) is 21.7 Å². The van der Waals surface area contributed by atoms with E-state index in [9.17, 15) is 13.2 Å². The summed E-state index contributed by atoms with van der Waals surface area (Å²) in [6.45, 7) is 7.68. The fourth-order valence-electron chi connectivity index (χ4n) is 4.09. The minimum atomic E-state index is -3.51. The normalized spacial score (nSPS) is 11.7. The van der Waals surface area contributed by atoms with E-state index in [-0.39, 0.29) is 16.6 Å². The number of imidazole rings is 1. The summed E-state index contributed by atoms with van der Waals surface area (Å²) >= 11 is 0. The Morgan fingerprint density at radius 1 is 0.943 bits per heavy atom. The van der Waals surface area contributed by atoms with Crippen molar-refractivity contribution in [2.24, 2.45) is 0 Å². The Morgan fingerprint density at radius 3 is 2.40 bits per heavy atom. The Bertz CT molecular complexity index is 1410. The predicted octanol–water partition coefficient (Wildman–Crippen LogP) is 4.60. The Morgan fingerprint density at radius 2 is 1.66 bits per heavy atom. The van der Waals surface area contributed by atoms with Gasteiger partial charge in [0, 0.05) is 18.7 Å². The predicted molar refractivity (Wildman–Crippen MR) is 139 cm³/mol. The third kappa shape index (κ3) is 5.78. The van der Waals surface area contributed by atoms with E-state index in [0.29, 0.717) is 23.6 Å². The van der Waals surface area contributed by atoms with Gasteiger partial charge in [0.1, 0.15) is 0 Å². The van der Waals surface area contributed by atoms with E-state index in [4.69, 9.17) is 0 Å². The molecule has 3 aromatic carbocycles. The molecule has 1 amide bonds. The van der Waals surface area contributed by atoms with E-state index >= 15 is 0 Å². The van der Waals surface area contributed by atoms with Crippen molar-refractivity contribution in [2.45, 2.75) is 31.0 Å². The first kappa shape index (κ1) is 24.6.